The maximum atomic E-state index is 12.1. The number of benzene rings is 1. The van der Waals surface area contributed by atoms with Crippen LogP contribution in [0.2, 0.25) is 0 Å². The van der Waals surface area contributed by atoms with E-state index in [0.29, 0.717) is 11.4 Å². The largest absolute Gasteiger partial charge is 0.478 e. The molecule has 1 unspecified atom stereocenters. The van der Waals surface area contributed by atoms with Crippen molar-refractivity contribution in [3.8, 4) is 5.75 Å². The van der Waals surface area contributed by atoms with Crippen LogP contribution in [-0.4, -0.2) is 42.2 Å². The lowest BCUT2D eigenvalue weighted by molar-refractivity contribution is -0.144. The highest BCUT2D eigenvalue weighted by molar-refractivity contribution is 5.95. The molecular formula is C13H15N3O5. The number of urea groups is 1. The van der Waals surface area contributed by atoms with Crippen molar-refractivity contribution in [2.24, 2.45) is 5.73 Å². The Morgan fingerprint density at radius 1 is 1.38 bits per heavy atom. The van der Waals surface area contributed by atoms with Crippen LogP contribution in [0.1, 0.15) is 6.42 Å². The molecule has 0 bridgehead atoms. The Hall–Kier alpha value is -2.77. The first-order chi connectivity index (χ1) is 9.99. The number of para-hydroxylation sites is 2. The van der Waals surface area contributed by atoms with E-state index < -0.39 is 24.0 Å². The highest BCUT2D eigenvalue weighted by Crippen LogP contribution is 2.33. The van der Waals surface area contributed by atoms with Gasteiger partial charge in [-0.3, -0.25) is 9.69 Å². The zero-order valence-corrected chi connectivity index (χ0v) is 11.1. The molecule has 8 nitrogen and oxygen atoms in total. The summed E-state index contributed by atoms with van der Waals surface area (Å²) in [6.45, 7) is -0.0276. The van der Waals surface area contributed by atoms with E-state index >= 15 is 0 Å². The van der Waals surface area contributed by atoms with Crippen LogP contribution in [0, 0.1) is 0 Å². The lowest BCUT2D eigenvalue weighted by Crippen LogP contribution is -2.50. The van der Waals surface area contributed by atoms with E-state index in [1.807, 2.05) is 0 Å². The molecule has 0 aromatic heterocycles. The van der Waals surface area contributed by atoms with E-state index in [2.05, 4.69) is 5.32 Å². The standard InChI is InChI=1S/C13H15N3O5/c14-11(17)5-6-15-13(20)16-7-10(12(18)19)21-9-4-2-1-3-8(9)16/h1-4,10H,5-7H2,(H2,14,17)(H,15,20)(H,18,19). The van der Waals surface area contributed by atoms with Gasteiger partial charge in [0.2, 0.25) is 12.0 Å². The Balaban J connectivity index is 2.15. The highest BCUT2D eigenvalue weighted by Gasteiger charge is 2.33. The van der Waals surface area contributed by atoms with Crippen molar-refractivity contribution in [3.05, 3.63) is 24.3 Å². The van der Waals surface area contributed by atoms with Crippen molar-refractivity contribution in [3.63, 3.8) is 0 Å². The number of nitrogens with zero attached hydrogens (tertiary/aromatic N) is 1. The van der Waals surface area contributed by atoms with Gasteiger partial charge < -0.3 is 20.9 Å². The summed E-state index contributed by atoms with van der Waals surface area (Å²) in [7, 11) is 0. The quantitative estimate of drug-likeness (QED) is 0.717. The third-order valence-corrected chi connectivity index (χ3v) is 2.94. The Bertz CT molecular complexity index is 575. The molecular weight excluding hydrogens is 278 g/mol. The zero-order valence-electron chi connectivity index (χ0n) is 11.1. The van der Waals surface area contributed by atoms with E-state index in [9.17, 15) is 14.4 Å². The third-order valence-electron chi connectivity index (χ3n) is 2.94. The molecule has 0 spiro atoms. The van der Waals surface area contributed by atoms with Gasteiger partial charge in [-0.25, -0.2) is 9.59 Å². The molecule has 1 heterocycles. The second-order valence-corrected chi connectivity index (χ2v) is 4.47. The lowest BCUT2D eigenvalue weighted by Gasteiger charge is -2.32. The number of primary amides is 1. The Labute approximate surface area is 120 Å². The van der Waals surface area contributed by atoms with Gasteiger partial charge in [-0.05, 0) is 12.1 Å². The Kier molecular flexibility index (Phi) is 4.27. The number of carbonyl (C=O) groups is 3. The van der Waals surface area contributed by atoms with Crippen molar-refractivity contribution < 1.29 is 24.2 Å². The monoisotopic (exact) mass is 293 g/mol. The molecule has 4 N–H and O–H groups in total. The van der Waals surface area contributed by atoms with Crippen LogP contribution in [0.5, 0.6) is 5.75 Å². The molecule has 0 fully saturated rings. The molecule has 2 rings (SSSR count). The number of anilines is 1. The Morgan fingerprint density at radius 2 is 2.10 bits per heavy atom. The second-order valence-electron chi connectivity index (χ2n) is 4.47. The first-order valence-corrected chi connectivity index (χ1v) is 6.31. The van der Waals surface area contributed by atoms with Gasteiger partial charge in [-0.1, -0.05) is 12.1 Å². The van der Waals surface area contributed by atoms with E-state index in [-0.39, 0.29) is 19.5 Å². The fourth-order valence-corrected chi connectivity index (χ4v) is 1.94. The number of fused-ring (bicyclic) bond motifs is 1. The first kappa shape index (κ1) is 14.6. The van der Waals surface area contributed by atoms with Gasteiger partial charge in [-0.15, -0.1) is 0 Å². The van der Waals surface area contributed by atoms with Crippen LogP contribution in [0.25, 0.3) is 0 Å². The maximum absolute atomic E-state index is 12.1. The topological polar surface area (TPSA) is 122 Å². The predicted octanol–water partition coefficient (Wildman–Crippen LogP) is -0.0764. The van der Waals surface area contributed by atoms with Crippen LogP contribution in [-0.2, 0) is 9.59 Å². The molecule has 3 amide bonds. The predicted molar refractivity (Wildman–Crippen MR) is 73.0 cm³/mol. The SMILES string of the molecule is NC(=O)CCNC(=O)N1CC(C(=O)O)Oc2ccccc21. The van der Waals surface area contributed by atoms with E-state index in [0.717, 1.165) is 0 Å². The summed E-state index contributed by atoms with van der Waals surface area (Å²) in [4.78, 5) is 35.1. The van der Waals surface area contributed by atoms with Crippen LogP contribution in [0.15, 0.2) is 24.3 Å². The van der Waals surface area contributed by atoms with E-state index in [4.69, 9.17) is 15.6 Å². The fraction of sp³-hybridized carbons (Fsp3) is 0.308. The molecule has 0 radical (unpaired) electrons. The number of hydrogen-bond acceptors (Lipinski definition) is 4. The number of carboxylic acid groups (broad SMARTS) is 1. The molecule has 0 aliphatic carbocycles. The van der Waals surface area contributed by atoms with Gasteiger partial charge in [0.25, 0.3) is 0 Å². The number of carboxylic acids is 1. The van der Waals surface area contributed by atoms with Crippen molar-refractivity contribution >= 4 is 23.6 Å². The Morgan fingerprint density at radius 3 is 2.76 bits per heavy atom. The minimum atomic E-state index is -1.15. The zero-order chi connectivity index (χ0) is 15.4. The molecule has 1 aliphatic rings. The summed E-state index contributed by atoms with van der Waals surface area (Å²) in [6, 6.07) is 6.15. The summed E-state index contributed by atoms with van der Waals surface area (Å²) >= 11 is 0. The molecule has 112 valence electrons. The van der Waals surface area contributed by atoms with Gasteiger partial charge in [0.05, 0.1) is 12.2 Å². The third kappa shape index (κ3) is 3.41. The average molecular weight is 293 g/mol. The lowest BCUT2D eigenvalue weighted by atomic mass is 10.2. The summed E-state index contributed by atoms with van der Waals surface area (Å²) in [5.41, 5.74) is 5.47. The highest BCUT2D eigenvalue weighted by atomic mass is 16.5. The number of nitrogens with two attached hydrogens (primary N) is 1. The molecule has 1 aromatic carbocycles. The fourth-order valence-electron chi connectivity index (χ4n) is 1.94. The minimum Gasteiger partial charge on any atom is -0.478 e. The van der Waals surface area contributed by atoms with Gasteiger partial charge >= 0.3 is 12.0 Å². The molecule has 1 aliphatic heterocycles. The molecule has 8 heteroatoms. The number of amides is 3. The molecule has 1 aromatic rings. The number of carbonyl (C=O) groups excluding carboxylic acids is 2. The number of rotatable bonds is 4. The van der Waals surface area contributed by atoms with Crippen molar-refractivity contribution in [2.45, 2.75) is 12.5 Å². The molecule has 1 atom stereocenters. The molecule has 0 saturated heterocycles. The first-order valence-electron chi connectivity index (χ1n) is 6.31. The average Bonchev–Trinajstić information content (AvgIpc) is 2.45. The van der Waals surface area contributed by atoms with Gasteiger partial charge in [0, 0.05) is 13.0 Å². The van der Waals surface area contributed by atoms with E-state index in [1.165, 1.54) is 4.90 Å². The normalized spacial score (nSPS) is 16.6. The van der Waals surface area contributed by atoms with Crippen LogP contribution in [0.4, 0.5) is 10.5 Å². The number of hydrogen-bond donors (Lipinski definition) is 3. The summed E-state index contributed by atoms with van der Waals surface area (Å²) in [5.74, 6) is -1.36. The van der Waals surface area contributed by atoms with Crippen molar-refractivity contribution in [2.75, 3.05) is 18.0 Å². The second kappa shape index (κ2) is 6.12. The number of aliphatic carboxylic acids is 1. The van der Waals surface area contributed by atoms with E-state index in [1.54, 1.807) is 24.3 Å². The smallest absolute Gasteiger partial charge is 0.346 e. The van der Waals surface area contributed by atoms with Gasteiger partial charge in [-0.2, -0.15) is 0 Å². The number of ether oxygens (including phenoxy) is 1. The molecule has 21 heavy (non-hydrogen) atoms. The van der Waals surface area contributed by atoms with Crippen molar-refractivity contribution in [1.82, 2.24) is 5.32 Å². The number of nitrogens with one attached hydrogen (secondary N) is 1. The molecule has 0 saturated carbocycles. The van der Waals surface area contributed by atoms with Crippen molar-refractivity contribution in [1.29, 1.82) is 0 Å². The van der Waals surface area contributed by atoms with Crippen LogP contribution >= 0.6 is 0 Å². The van der Waals surface area contributed by atoms with Gasteiger partial charge in [0.1, 0.15) is 5.75 Å². The minimum absolute atomic E-state index is 0.0140. The summed E-state index contributed by atoms with van der Waals surface area (Å²) < 4.78 is 5.32. The van der Waals surface area contributed by atoms with Crippen LogP contribution in [0.3, 0.4) is 0 Å². The summed E-state index contributed by atoms with van der Waals surface area (Å²) in [6.07, 6.45) is -1.12. The van der Waals surface area contributed by atoms with Crippen LogP contribution < -0.4 is 20.7 Å². The maximum Gasteiger partial charge on any atom is 0.346 e. The summed E-state index contributed by atoms with van der Waals surface area (Å²) in [5, 5.41) is 11.6. The van der Waals surface area contributed by atoms with Gasteiger partial charge in [0.15, 0.2) is 0 Å².